The third-order valence-electron chi connectivity index (χ3n) is 4.71. The first-order valence-corrected chi connectivity index (χ1v) is 6.97. The lowest BCUT2D eigenvalue weighted by molar-refractivity contribution is -0.0689. The molecule has 0 spiro atoms. The molecule has 1 saturated carbocycles. The van der Waals surface area contributed by atoms with Crippen molar-refractivity contribution in [3.05, 3.63) is 23.8 Å². The summed E-state index contributed by atoms with van der Waals surface area (Å²) in [6, 6.07) is 5.74. The predicted octanol–water partition coefficient (Wildman–Crippen LogP) is 3.35. The maximum Gasteiger partial charge on any atom is 0.161 e. The summed E-state index contributed by atoms with van der Waals surface area (Å²) in [6.45, 7) is 4.36. The van der Waals surface area contributed by atoms with Crippen molar-refractivity contribution in [3.63, 3.8) is 0 Å². The highest BCUT2D eigenvalue weighted by molar-refractivity contribution is 5.44. The Morgan fingerprint density at radius 1 is 1.16 bits per heavy atom. The first kappa shape index (κ1) is 14.2. The van der Waals surface area contributed by atoms with Crippen molar-refractivity contribution in [1.82, 2.24) is 0 Å². The molecular formula is C16H24O3. The zero-order valence-electron chi connectivity index (χ0n) is 12.3. The molecular weight excluding hydrogens is 240 g/mol. The Kier molecular flexibility index (Phi) is 4.04. The Hall–Kier alpha value is -1.22. The van der Waals surface area contributed by atoms with Gasteiger partial charge in [-0.15, -0.1) is 0 Å². The lowest BCUT2D eigenvalue weighted by Crippen LogP contribution is -2.40. The van der Waals surface area contributed by atoms with Crippen LogP contribution in [0.3, 0.4) is 0 Å². The van der Waals surface area contributed by atoms with Crippen LogP contribution in [0, 0.1) is 11.8 Å². The van der Waals surface area contributed by atoms with Crippen molar-refractivity contribution >= 4 is 0 Å². The molecule has 2 rings (SSSR count). The Morgan fingerprint density at radius 3 is 2.47 bits per heavy atom. The average Bonchev–Trinajstić information content (AvgIpc) is 2.43. The van der Waals surface area contributed by atoms with Gasteiger partial charge in [-0.05, 0) is 42.4 Å². The molecule has 0 amide bonds. The Bertz CT molecular complexity index is 444. The minimum atomic E-state index is -0.753. The van der Waals surface area contributed by atoms with Gasteiger partial charge < -0.3 is 14.6 Å². The maximum atomic E-state index is 11.1. The normalized spacial score (nSPS) is 31.0. The SMILES string of the molecule is COc1ccc(C2(O)CCCC(C)C2C)cc1OC. The van der Waals surface area contributed by atoms with Gasteiger partial charge in [0.15, 0.2) is 11.5 Å². The molecule has 1 fully saturated rings. The Labute approximate surface area is 115 Å². The first-order chi connectivity index (χ1) is 9.02. The van der Waals surface area contributed by atoms with E-state index in [9.17, 15) is 5.11 Å². The van der Waals surface area contributed by atoms with Crippen LogP contribution in [-0.4, -0.2) is 19.3 Å². The second-order valence-corrected chi connectivity index (χ2v) is 5.65. The fourth-order valence-electron chi connectivity index (χ4n) is 3.15. The second-order valence-electron chi connectivity index (χ2n) is 5.65. The van der Waals surface area contributed by atoms with Gasteiger partial charge >= 0.3 is 0 Å². The third kappa shape index (κ3) is 2.44. The van der Waals surface area contributed by atoms with Gasteiger partial charge in [-0.1, -0.05) is 26.3 Å². The topological polar surface area (TPSA) is 38.7 Å². The summed E-state index contributed by atoms with van der Waals surface area (Å²) >= 11 is 0. The number of aliphatic hydroxyl groups is 1. The van der Waals surface area contributed by atoms with Gasteiger partial charge in [0.1, 0.15) is 0 Å². The molecule has 106 valence electrons. The molecule has 0 aromatic heterocycles. The molecule has 1 N–H and O–H groups in total. The van der Waals surface area contributed by atoms with Crippen LogP contribution in [0.4, 0.5) is 0 Å². The van der Waals surface area contributed by atoms with E-state index in [1.807, 2.05) is 18.2 Å². The van der Waals surface area contributed by atoms with Gasteiger partial charge in [-0.2, -0.15) is 0 Å². The number of hydrogen-bond acceptors (Lipinski definition) is 3. The summed E-state index contributed by atoms with van der Waals surface area (Å²) in [7, 11) is 3.25. The molecule has 3 unspecified atom stereocenters. The molecule has 3 heteroatoms. The van der Waals surface area contributed by atoms with Crippen LogP contribution < -0.4 is 9.47 Å². The monoisotopic (exact) mass is 264 g/mol. The fourth-order valence-corrected chi connectivity index (χ4v) is 3.15. The van der Waals surface area contributed by atoms with E-state index < -0.39 is 5.60 Å². The highest BCUT2D eigenvalue weighted by Gasteiger charge is 2.41. The van der Waals surface area contributed by atoms with E-state index in [1.165, 1.54) is 6.42 Å². The van der Waals surface area contributed by atoms with Crippen LogP contribution >= 0.6 is 0 Å². The molecule has 3 nitrogen and oxygen atoms in total. The van der Waals surface area contributed by atoms with E-state index in [4.69, 9.17) is 9.47 Å². The lowest BCUT2D eigenvalue weighted by Gasteiger charge is -2.42. The van der Waals surface area contributed by atoms with Crippen molar-refractivity contribution in [3.8, 4) is 11.5 Å². The second kappa shape index (κ2) is 5.41. The van der Waals surface area contributed by atoms with Gasteiger partial charge in [0, 0.05) is 0 Å². The lowest BCUT2D eigenvalue weighted by atomic mass is 9.67. The molecule has 0 radical (unpaired) electrons. The summed E-state index contributed by atoms with van der Waals surface area (Å²) in [5, 5.41) is 11.1. The molecule has 1 aliphatic rings. The minimum Gasteiger partial charge on any atom is -0.493 e. The zero-order valence-corrected chi connectivity index (χ0v) is 12.3. The minimum absolute atomic E-state index is 0.249. The number of ether oxygens (including phenoxy) is 2. The van der Waals surface area contributed by atoms with Gasteiger partial charge in [0.2, 0.25) is 0 Å². The van der Waals surface area contributed by atoms with Crippen LogP contribution in [0.25, 0.3) is 0 Å². The van der Waals surface area contributed by atoms with Gasteiger partial charge in [-0.25, -0.2) is 0 Å². The predicted molar refractivity (Wildman–Crippen MR) is 75.6 cm³/mol. The van der Waals surface area contributed by atoms with Crippen LogP contribution in [-0.2, 0) is 5.60 Å². The van der Waals surface area contributed by atoms with Crippen molar-refractivity contribution in [2.24, 2.45) is 11.8 Å². The summed E-state index contributed by atoms with van der Waals surface area (Å²) in [4.78, 5) is 0. The summed E-state index contributed by atoms with van der Waals surface area (Å²) in [6.07, 6.45) is 3.07. The Morgan fingerprint density at radius 2 is 1.84 bits per heavy atom. The summed E-state index contributed by atoms with van der Waals surface area (Å²) in [5.74, 6) is 2.16. The Balaban J connectivity index is 2.39. The molecule has 0 bridgehead atoms. The number of rotatable bonds is 3. The van der Waals surface area contributed by atoms with E-state index in [-0.39, 0.29) is 5.92 Å². The van der Waals surface area contributed by atoms with Crippen LogP contribution in [0.1, 0.15) is 38.7 Å². The highest BCUT2D eigenvalue weighted by atomic mass is 16.5. The summed E-state index contributed by atoms with van der Waals surface area (Å²) in [5.41, 5.74) is 0.182. The number of methoxy groups -OCH3 is 2. The fraction of sp³-hybridized carbons (Fsp3) is 0.625. The van der Waals surface area contributed by atoms with E-state index in [1.54, 1.807) is 14.2 Å². The van der Waals surface area contributed by atoms with E-state index in [0.717, 1.165) is 18.4 Å². The standard InChI is InChI=1S/C16H24O3/c1-11-6-5-9-16(17,12(11)2)13-7-8-14(18-3)15(10-13)19-4/h7-8,10-12,17H,5-6,9H2,1-4H3. The molecule has 19 heavy (non-hydrogen) atoms. The van der Waals surface area contributed by atoms with Crippen molar-refractivity contribution < 1.29 is 14.6 Å². The highest BCUT2D eigenvalue weighted by Crippen LogP contribution is 2.45. The summed E-state index contributed by atoms with van der Waals surface area (Å²) < 4.78 is 10.6. The quantitative estimate of drug-likeness (QED) is 0.910. The molecule has 0 saturated heterocycles. The van der Waals surface area contributed by atoms with Crippen LogP contribution in [0.2, 0.25) is 0 Å². The van der Waals surface area contributed by atoms with Crippen molar-refractivity contribution in [1.29, 1.82) is 0 Å². The largest absolute Gasteiger partial charge is 0.493 e. The molecule has 1 aliphatic carbocycles. The number of hydrogen-bond donors (Lipinski definition) is 1. The third-order valence-corrected chi connectivity index (χ3v) is 4.71. The maximum absolute atomic E-state index is 11.1. The van der Waals surface area contributed by atoms with E-state index >= 15 is 0 Å². The first-order valence-electron chi connectivity index (χ1n) is 6.97. The average molecular weight is 264 g/mol. The molecule has 1 aromatic rings. The van der Waals surface area contributed by atoms with Crippen LogP contribution in [0.5, 0.6) is 11.5 Å². The smallest absolute Gasteiger partial charge is 0.161 e. The van der Waals surface area contributed by atoms with Gasteiger partial charge in [0.05, 0.1) is 19.8 Å². The van der Waals surface area contributed by atoms with Gasteiger partial charge in [-0.3, -0.25) is 0 Å². The van der Waals surface area contributed by atoms with Crippen molar-refractivity contribution in [2.45, 2.75) is 38.7 Å². The molecule has 0 heterocycles. The van der Waals surface area contributed by atoms with E-state index in [2.05, 4.69) is 13.8 Å². The van der Waals surface area contributed by atoms with Crippen LogP contribution in [0.15, 0.2) is 18.2 Å². The van der Waals surface area contributed by atoms with E-state index in [0.29, 0.717) is 17.4 Å². The van der Waals surface area contributed by atoms with Crippen molar-refractivity contribution in [2.75, 3.05) is 14.2 Å². The molecule has 0 aliphatic heterocycles. The zero-order chi connectivity index (χ0) is 14.0. The number of benzene rings is 1. The molecule has 1 aromatic carbocycles. The van der Waals surface area contributed by atoms with Gasteiger partial charge in [0.25, 0.3) is 0 Å². The molecule has 3 atom stereocenters.